The Balaban J connectivity index is 1.36. The van der Waals surface area contributed by atoms with Crippen LogP contribution in [0.25, 0.3) is 72.6 Å². The molecule has 0 fully saturated rings. The topological polar surface area (TPSA) is 50.9 Å². The Hall–Kier alpha value is -6.26. The van der Waals surface area contributed by atoms with Gasteiger partial charge in [0.1, 0.15) is 11.6 Å². The highest BCUT2D eigenvalue weighted by Crippen LogP contribution is 2.43. The summed E-state index contributed by atoms with van der Waals surface area (Å²) in [6, 6.07) is 50.4. The molecule has 1 N–H and O–H groups in total. The molecule has 0 spiro atoms. The lowest BCUT2D eigenvalue weighted by molar-refractivity contribution is 0.476. The Morgan fingerprint density at radius 2 is 1.21 bits per heavy atom. The van der Waals surface area contributed by atoms with Crippen molar-refractivity contribution in [1.82, 2.24) is 14.5 Å². The first-order valence-electron chi connectivity index (χ1n) is 16.4. The fourth-order valence-corrected chi connectivity index (χ4v) is 7.24. The number of imidazole rings is 1. The second-order valence-corrected chi connectivity index (χ2v) is 12.3. The van der Waals surface area contributed by atoms with Crippen molar-refractivity contribution in [3.63, 3.8) is 0 Å². The number of aromatic hydroxyl groups is 1. The average Bonchev–Trinajstić information content (AvgIpc) is 3.60. The maximum absolute atomic E-state index is 11.0. The van der Waals surface area contributed by atoms with Crippen LogP contribution in [0.3, 0.4) is 0 Å². The van der Waals surface area contributed by atoms with Crippen molar-refractivity contribution in [1.29, 1.82) is 0 Å². The molecule has 0 bridgehead atoms. The molecule has 0 atom stereocenters. The van der Waals surface area contributed by atoms with Crippen molar-refractivity contribution in [2.45, 2.75) is 12.8 Å². The van der Waals surface area contributed by atoms with Crippen LogP contribution in [0.4, 0.5) is 0 Å². The molecule has 2 heterocycles. The highest BCUT2D eigenvalue weighted by Gasteiger charge is 2.24. The maximum Gasteiger partial charge on any atom is 0.145 e. The van der Waals surface area contributed by atoms with E-state index >= 15 is 0 Å². The molecule has 4 nitrogen and oxygen atoms in total. The number of aromatic nitrogens is 3. The van der Waals surface area contributed by atoms with Crippen LogP contribution >= 0.6 is 0 Å². The van der Waals surface area contributed by atoms with Gasteiger partial charge >= 0.3 is 0 Å². The van der Waals surface area contributed by atoms with Gasteiger partial charge in [0, 0.05) is 45.6 Å². The normalized spacial score (nSPS) is 12.1. The van der Waals surface area contributed by atoms with Gasteiger partial charge in [-0.2, -0.15) is 0 Å². The number of rotatable bonds is 5. The van der Waals surface area contributed by atoms with Gasteiger partial charge in [0.2, 0.25) is 0 Å². The van der Waals surface area contributed by atoms with Gasteiger partial charge in [-0.15, -0.1) is 0 Å². The molecule has 0 saturated heterocycles. The molecule has 0 amide bonds. The van der Waals surface area contributed by atoms with E-state index in [2.05, 4.69) is 138 Å². The van der Waals surface area contributed by atoms with Crippen molar-refractivity contribution in [3.05, 3.63) is 169 Å². The van der Waals surface area contributed by atoms with Gasteiger partial charge in [0.25, 0.3) is 0 Å². The summed E-state index contributed by atoms with van der Waals surface area (Å²) >= 11 is 0. The zero-order valence-corrected chi connectivity index (χ0v) is 26.2. The SMILES string of the molecule is Oc1cccc2c1-c1cc(-c3nc(-c4cccc5cccnc45)cn3-c3c(-c4ccccc4)cccc3-c3ccccc3)ccc1CC2. The Bertz CT molecular complexity index is 2400. The Labute approximate surface area is 279 Å². The number of hydrogen-bond acceptors (Lipinski definition) is 3. The van der Waals surface area contributed by atoms with Crippen LogP contribution in [0.15, 0.2) is 158 Å². The Morgan fingerprint density at radius 1 is 0.542 bits per heavy atom. The van der Waals surface area contributed by atoms with Crippen molar-refractivity contribution in [3.8, 4) is 67.5 Å². The van der Waals surface area contributed by atoms with Gasteiger partial charge in [-0.3, -0.25) is 9.55 Å². The molecule has 2 aromatic heterocycles. The van der Waals surface area contributed by atoms with Gasteiger partial charge in [0.15, 0.2) is 0 Å². The van der Waals surface area contributed by atoms with Crippen LogP contribution in [0, 0.1) is 0 Å². The smallest absolute Gasteiger partial charge is 0.145 e. The number of nitrogens with zero attached hydrogens (tertiary/aromatic N) is 3. The number of phenolic OH excluding ortho intramolecular Hbond substituents is 1. The van der Waals surface area contributed by atoms with Crippen molar-refractivity contribution < 1.29 is 5.11 Å². The van der Waals surface area contributed by atoms with Gasteiger partial charge in [-0.05, 0) is 58.9 Å². The third-order valence-electron chi connectivity index (χ3n) is 9.49. The molecule has 8 aromatic rings. The minimum absolute atomic E-state index is 0.317. The van der Waals surface area contributed by atoms with Crippen molar-refractivity contribution >= 4 is 10.9 Å². The van der Waals surface area contributed by atoms with E-state index in [0.717, 1.165) is 85.5 Å². The van der Waals surface area contributed by atoms with Crippen LogP contribution in [0.2, 0.25) is 0 Å². The van der Waals surface area contributed by atoms with Crippen LogP contribution < -0.4 is 0 Å². The summed E-state index contributed by atoms with van der Waals surface area (Å²) in [5.74, 6) is 1.14. The highest BCUT2D eigenvalue weighted by molar-refractivity contribution is 5.94. The van der Waals surface area contributed by atoms with E-state index in [0.29, 0.717) is 5.75 Å². The first-order valence-corrected chi connectivity index (χ1v) is 16.4. The molecule has 4 heteroatoms. The first kappa shape index (κ1) is 28.0. The van der Waals surface area contributed by atoms with Gasteiger partial charge in [0.05, 0.1) is 16.9 Å². The summed E-state index contributed by atoms with van der Waals surface area (Å²) in [5, 5.41) is 12.1. The molecule has 228 valence electrons. The summed E-state index contributed by atoms with van der Waals surface area (Å²) in [6.45, 7) is 0. The number of benzene rings is 6. The van der Waals surface area contributed by atoms with Crippen LogP contribution in [-0.2, 0) is 12.8 Å². The molecule has 1 aliphatic carbocycles. The minimum Gasteiger partial charge on any atom is -0.507 e. The lowest BCUT2D eigenvalue weighted by atomic mass is 9.84. The average molecular weight is 618 g/mol. The minimum atomic E-state index is 0.317. The third-order valence-corrected chi connectivity index (χ3v) is 9.49. The molecule has 6 aromatic carbocycles. The van der Waals surface area contributed by atoms with E-state index in [9.17, 15) is 5.11 Å². The maximum atomic E-state index is 11.0. The lowest BCUT2D eigenvalue weighted by Gasteiger charge is -2.22. The fourth-order valence-electron chi connectivity index (χ4n) is 7.24. The summed E-state index contributed by atoms with van der Waals surface area (Å²) in [5.41, 5.74) is 13.6. The third kappa shape index (κ3) is 4.69. The second-order valence-electron chi connectivity index (χ2n) is 12.3. The molecular formula is C44H31N3O. The number of aryl methyl sites for hydroxylation is 2. The summed E-state index contributed by atoms with van der Waals surface area (Å²) < 4.78 is 2.26. The number of phenols is 1. The number of para-hydroxylation sites is 2. The van der Waals surface area contributed by atoms with E-state index in [4.69, 9.17) is 9.97 Å². The van der Waals surface area contributed by atoms with E-state index in [-0.39, 0.29) is 0 Å². The van der Waals surface area contributed by atoms with Crippen LogP contribution in [0.5, 0.6) is 5.75 Å². The zero-order chi connectivity index (χ0) is 32.0. The van der Waals surface area contributed by atoms with E-state index in [1.165, 1.54) is 11.1 Å². The Kier molecular flexibility index (Phi) is 6.72. The van der Waals surface area contributed by atoms with E-state index in [1.807, 2.05) is 18.3 Å². The number of hydrogen-bond donors (Lipinski definition) is 1. The van der Waals surface area contributed by atoms with Crippen LogP contribution in [-0.4, -0.2) is 19.6 Å². The van der Waals surface area contributed by atoms with Gasteiger partial charge in [-0.25, -0.2) is 4.98 Å². The highest BCUT2D eigenvalue weighted by atomic mass is 16.3. The molecule has 0 aliphatic heterocycles. The molecule has 1 aliphatic rings. The standard InChI is InChI=1S/C44H31N3O/c48-40-21-8-15-32-24-22-31-23-25-34(27-38(31)41(32)40)44-46-39(37-20-7-16-33-17-10-26-45-42(33)37)28-47(44)43-35(29-11-3-1-4-12-29)18-9-19-36(43)30-13-5-2-6-14-30/h1-21,23,25-28,48H,22,24H2. The lowest BCUT2D eigenvalue weighted by Crippen LogP contribution is -2.05. The van der Waals surface area contributed by atoms with Gasteiger partial charge in [-0.1, -0.05) is 127 Å². The molecule has 0 saturated carbocycles. The van der Waals surface area contributed by atoms with Crippen molar-refractivity contribution in [2.75, 3.05) is 0 Å². The molecular weight excluding hydrogens is 587 g/mol. The zero-order valence-electron chi connectivity index (χ0n) is 26.2. The summed E-state index contributed by atoms with van der Waals surface area (Å²) in [7, 11) is 0. The summed E-state index contributed by atoms with van der Waals surface area (Å²) in [4.78, 5) is 10.2. The number of fused-ring (bicyclic) bond motifs is 4. The summed E-state index contributed by atoms with van der Waals surface area (Å²) in [6.07, 6.45) is 5.85. The molecule has 48 heavy (non-hydrogen) atoms. The van der Waals surface area contributed by atoms with E-state index in [1.54, 1.807) is 6.07 Å². The second kappa shape index (κ2) is 11.5. The molecule has 9 rings (SSSR count). The molecule has 0 unspecified atom stereocenters. The first-order chi connectivity index (χ1) is 23.7. The Morgan fingerprint density at radius 3 is 1.98 bits per heavy atom. The van der Waals surface area contributed by atoms with Gasteiger partial charge < -0.3 is 5.11 Å². The van der Waals surface area contributed by atoms with E-state index < -0.39 is 0 Å². The predicted molar refractivity (Wildman–Crippen MR) is 195 cm³/mol. The fraction of sp³-hybridized carbons (Fsp3) is 0.0455. The van der Waals surface area contributed by atoms with Crippen LogP contribution in [0.1, 0.15) is 11.1 Å². The monoisotopic (exact) mass is 617 g/mol. The number of pyridine rings is 1. The largest absolute Gasteiger partial charge is 0.507 e. The molecule has 0 radical (unpaired) electrons. The van der Waals surface area contributed by atoms with Crippen molar-refractivity contribution in [2.24, 2.45) is 0 Å². The predicted octanol–water partition coefficient (Wildman–Crippen LogP) is 10.6. The quantitative estimate of drug-likeness (QED) is 0.209.